The molecule has 3 aromatic rings. The largest absolute Gasteiger partial charge is 0.454 e. The molecule has 0 saturated heterocycles. The molecule has 0 aliphatic carbocycles. The number of benzene rings is 2. The van der Waals surface area contributed by atoms with Crippen molar-refractivity contribution in [3.63, 3.8) is 0 Å². The van der Waals surface area contributed by atoms with Crippen LogP contribution in [0.3, 0.4) is 0 Å². The third kappa shape index (κ3) is 2.84. The number of hydrogen-bond acceptors (Lipinski definition) is 5. The molecule has 0 saturated carbocycles. The number of nitrogens with two attached hydrogens (primary N) is 1. The van der Waals surface area contributed by atoms with Crippen LogP contribution in [-0.4, -0.2) is 24.8 Å². The number of hydrogen-bond donors (Lipinski definition) is 1. The number of fused-ring (bicyclic) bond motifs is 1. The number of primary sulfonamides is 1. The maximum absolute atomic E-state index is 11.4. The van der Waals surface area contributed by atoms with Gasteiger partial charge in [-0.2, -0.15) is 0 Å². The number of aromatic nitrogens is 2. The van der Waals surface area contributed by atoms with Crippen LogP contribution in [0.1, 0.15) is 0 Å². The summed E-state index contributed by atoms with van der Waals surface area (Å²) in [7, 11) is -3.74. The van der Waals surface area contributed by atoms with Gasteiger partial charge in [-0.15, -0.1) is 0 Å². The van der Waals surface area contributed by atoms with Crippen molar-refractivity contribution in [2.75, 3.05) is 6.79 Å². The second kappa shape index (κ2) is 5.76. The maximum Gasteiger partial charge on any atom is 0.238 e. The molecule has 0 fully saturated rings. The number of ether oxygens (including phenoxy) is 2. The Hall–Kier alpha value is -2.55. The Morgan fingerprint density at radius 1 is 1.12 bits per heavy atom. The SMILES string of the molecule is NS(=O)(=O)c1ccc(-n2ccnc2-c2cc3c(cc2Cl)OCO3)cc1. The minimum atomic E-state index is -3.74. The van der Waals surface area contributed by atoms with Crippen LogP contribution in [0.15, 0.2) is 53.7 Å². The van der Waals surface area contributed by atoms with Crippen LogP contribution >= 0.6 is 11.6 Å². The first-order valence-corrected chi connectivity index (χ1v) is 9.12. The van der Waals surface area contributed by atoms with E-state index in [0.29, 0.717) is 33.6 Å². The second-order valence-electron chi connectivity index (χ2n) is 5.35. The van der Waals surface area contributed by atoms with Crippen LogP contribution in [0, 0.1) is 0 Å². The Labute approximate surface area is 148 Å². The van der Waals surface area contributed by atoms with Crippen molar-refractivity contribution >= 4 is 21.6 Å². The third-order valence-electron chi connectivity index (χ3n) is 3.79. The highest BCUT2D eigenvalue weighted by Crippen LogP contribution is 2.40. The summed E-state index contributed by atoms with van der Waals surface area (Å²) in [6.07, 6.45) is 3.38. The molecular formula is C16H12ClN3O4S. The molecule has 0 spiro atoms. The van der Waals surface area contributed by atoms with E-state index in [4.69, 9.17) is 26.2 Å². The van der Waals surface area contributed by atoms with Gasteiger partial charge in [0, 0.05) is 29.7 Å². The molecule has 25 heavy (non-hydrogen) atoms. The molecule has 0 radical (unpaired) electrons. The summed E-state index contributed by atoms with van der Waals surface area (Å²) >= 11 is 6.36. The van der Waals surface area contributed by atoms with Gasteiger partial charge in [-0.1, -0.05) is 11.6 Å². The van der Waals surface area contributed by atoms with Crippen molar-refractivity contribution in [3.8, 4) is 28.6 Å². The Morgan fingerprint density at radius 3 is 2.48 bits per heavy atom. The van der Waals surface area contributed by atoms with Crippen molar-refractivity contribution in [2.24, 2.45) is 5.14 Å². The number of imidazole rings is 1. The van der Waals surface area contributed by atoms with Gasteiger partial charge in [-0.05, 0) is 30.3 Å². The van der Waals surface area contributed by atoms with Crippen molar-refractivity contribution in [1.29, 1.82) is 0 Å². The van der Waals surface area contributed by atoms with Gasteiger partial charge in [-0.25, -0.2) is 18.5 Å². The fraction of sp³-hybridized carbons (Fsp3) is 0.0625. The molecule has 128 valence electrons. The molecule has 1 aromatic heterocycles. The van der Waals surface area contributed by atoms with Gasteiger partial charge in [0.2, 0.25) is 16.8 Å². The number of sulfonamides is 1. The molecule has 1 aliphatic heterocycles. The Morgan fingerprint density at radius 2 is 1.80 bits per heavy atom. The van der Waals surface area contributed by atoms with E-state index in [9.17, 15) is 8.42 Å². The lowest BCUT2D eigenvalue weighted by atomic mass is 10.2. The standard InChI is InChI=1S/C16H12ClN3O4S/c17-13-8-15-14(23-9-24-15)7-12(13)16-19-5-6-20(16)10-1-3-11(4-2-10)25(18,21)22/h1-8H,9H2,(H2,18,21,22). The average molecular weight is 378 g/mol. The summed E-state index contributed by atoms with van der Waals surface area (Å²) in [5.74, 6) is 1.77. The molecule has 0 bridgehead atoms. The lowest BCUT2D eigenvalue weighted by Crippen LogP contribution is -2.12. The normalized spacial score (nSPS) is 13.2. The molecule has 0 unspecified atom stereocenters. The summed E-state index contributed by atoms with van der Waals surface area (Å²) in [6, 6.07) is 9.62. The van der Waals surface area contributed by atoms with Crippen molar-refractivity contribution in [1.82, 2.24) is 9.55 Å². The van der Waals surface area contributed by atoms with Crippen LogP contribution in [0.2, 0.25) is 5.02 Å². The van der Waals surface area contributed by atoms with E-state index in [1.165, 1.54) is 12.1 Å². The van der Waals surface area contributed by atoms with E-state index in [1.807, 2.05) is 0 Å². The van der Waals surface area contributed by atoms with E-state index >= 15 is 0 Å². The van der Waals surface area contributed by atoms with E-state index in [0.717, 1.165) is 0 Å². The Kier molecular flexibility index (Phi) is 3.68. The quantitative estimate of drug-likeness (QED) is 0.756. The fourth-order valence-corrected chi connectivity index (χ4v) is 3.35. The van der Waals surface area contributed by atoms with Crippen LogP contribution < -0.4 is 14.6 Å². The first kappa shape index (κ1) is 15.9. The van der Waals surface area contributed by atoms with Crippen LogP contribution in [0.5, 0.6) is 11.5 Å². The Bertz CT molecular complexity index is 1060. The predicted molar refractivity (Wildman–Crippen MR) is 91.5 cm³/mol. The first-order chi connectivity index (χ1) is 11.9. The zero-order valence-corrected chi connectivity index (χ0v) is 14.3. The smallest absolute Gasteiger partial charge is 0.238 e. The maximum atomic E-state index is 11.4. The van der Waals surface area contributed by atoms with Gasteiger partial charge in [0.05, 0.1) is 9.92 Å². The van der Waals surface area contributed by atoms with Gasteiger partial charge < -0.3 is 9.47 Å². The number of rotatable bonds is 3. The molecule has 2 aromatic carbocycles. The molecule has 2 heterocycles. The second-order valence-corrected chi connectivity index (χ2v) is 7.31. The van der Waals surface area contributed by atoms with Crippen LogP contribution in [-0.2, 0) is 10.0 Å². The molecule has 7 nitrogen and oxygen atoms in total. The highest BCUT2D eigenvalue weighted by Gasteiger charge is 2.20. The van der Waals surface area contributed by atoms with Crippen molar-refractivity contribution < 1.29 is 17.9 Å². The van der Waals surface area contributed by atoms with E-state index < -0.39 is 10.0 Å². The van der Waals surface area contributed by atoms with Gasteiger partial charge >= 0.3 is 0 Å². The molecular weight excluding hydrogens is 366 g/mol. The van der Waals surface area contributed by atoms with Gasteiger partial charge in [0.15, 0.2) is 11.5 Å². The van der Waals surface area contributed by atoms with Crippen LogP contribution in [0.4, 0.5) is 0 Å². The lowest BCUT2D eigenvalue weighted by Gasteiger charge is -2.10. The summed E-state index contributed by atoms with van der Waals surface area (Å²) in [4.78, 5) is 4.40. The van der Waals surface area contributed by atoms with Crippen molar-refractivity contribution in [2.45, 2.75) is 4.90 Å². The first-order valence-electron chi connectivity index (χ1n) is 7.19. The van der Waals surface area contributed by atoms with Crippen LogP contribution in [0.25, 0.3) is 17.1 Å². The van der Waals surface area contributed by atoms with Gasteiger partial charge in [0.25, 0.3) is 0 Å². The average Bonchev–Trinajstić information content (AvgIpc) is 3.21. The molecule has 4 rings (SSSR count). The van der Waals surface area contributed by atoms with Gasteiger partial charge in [0.1, 0.15) is 5.82 Å². The van der Waals surface area contributed by atoms with Crippen molar-refractivity contribution in [3.05, 3.63) is 53.8 Å². The van der Waals surface area contributed by atoms with E-state index in [-0.39, 0.29) is 11.7 Å². The fourth-order valence-electron chi connectivity index (χ4n) is 2.60. The van der Waals surface area contributed by atoms with Gasteiger partial charge in [-0.3, -0.25) is 4.57 Å². The minimum Gasteiger partial charge on any atom is -0.454 e. The van der Waals surface area contributed by atoms with E-state index in [1.54, 1.807) is 41.2 Å². The zero-order valence-electron chi connectivity index (χ0n) is 12.7. The molecule has 1 aliphatic rings. The summed E-state index contributed by atoms with van der Waals surface area (Å²) in [5, 5.41) is 5.60. The monoisotopic (exact) mass is 377 g/mol. The molecule has 9 heteroatoms. The lowest BCUT2D eigenvalue weighted by molar-refractivity contribution is 0.174. The topological polar surface area (TPSA) is 96.4 Å². The highest BCUT2D eigenvalue weighted by atomic mass is 35.5. The Balaban J connectivity index is 1.79. The summed E-state index contributed by atoms with van der Waals surface area (Å²) < 4.78 is 35.3. The highest BCUT2D eigenvalue weighted by molar-refractivity contribution is 7.89. The molecule has 0 amide bonds. The minimum absolute atomic E-state index is 0.0408. The zero-order chi connectivity index (χ0) is 17.6. The third-order valence-corrected chi connectivity index (χ3v) is 5.03. The number of nitrogens with zero attached hydrogens (tertiary/aromatic N) is 2. The summed E-state index contributed by atoms with van der Waals surface area (Å²) in [5.41, 5.74) is 1.39. The van der Waals surface area contributed by atoms with E-state index in [2.05, 4.69) is 4.98 Å². The summed E-state index contributed by atoms with van der Waals surface area (Å²) in [6.45, 7) is 0.151. The molecule has 0 atom stereocenters. The number of halogens is 1. The molecule has 2 N–H and O–H groups in total. The predicted octanol–water partition coefficient (Wildman–Crippen LogP) is 2.57.